The van der Waals surface area contributed by atoms with Crippen molar-refractivity contribution < 1.29 is 22.0 Å². The summed E-state index contributed by atoms with van der Waals surface area (Å²) in [6, 6.07) is 0.958. The van der Waals surface area contributed by atoms with Gasteiger partial charge in [-0.25, -0.2) is 8.78 Å². The quantitative estimate of drug-likeness (QED) is 0.587. The maximum Gasteiger partial charge on any atom is 0.416 e. The molecule has 0 aromatic carbocycles. The fourth-order valence-electron chi connectivity index (χ4n) is 2.46. The molecule has 1 aromatic rings. The van der Waals surface area contributed by atoms with E-state index in [0.29, 0.717) is 5.56 Å². The van der Waals surface area contributed by atoms with Crippen molar-refractivity contribution in [1.29, 1.82) is 0 Å². The monoisotopic (exact) mass is 406 g/mol. The zero-order valence-corrected chi connectivity index (χ0v) is 15.5. The van der Waals surface area contributed by atoms with Crippen LogP contribution in [0.4, 0.5) is 22.0 Å². The Labute approximate surface area is 162 Å². The average molecular weight is 406 g/mol. The zero-order chi connectivity index (χ0) is 20.9. The average Bonchev–Trinajstić information content (AvgIpc) is 2.53. The van der Waals surface area contributed by atoms with Gasteiger partial charge in [0.15, 0.2) is 0 Å². The summed E-state index contributed by atoms with van der Waals surface area (Å²) in [5.41, 5.74) is -0.226. The molecule has 2 heterocycles. The van der Waals surface area contributed by atoms with E-state index < -0.39 is 23.7 Å². The van der Waals surface area contributed by atoms with Crippen molar-refractivity contribution in [2.75, 3.05) is 0 Å². The van der Waals surface area contributed by atoms with Crippen LogP contribution in [0.5, 0.6) is 0 Å². The Bertz CT molecular complexity index is 787. The number of aromatic nitrogens is 1. The minimum Gasteiger partial charge on any atom is -0.362 e. The predicted molar refractivity (Wildman–Crippen MR) is 102 cm³/mol. The number of hydrogen-bond acceptors (Lipinski definition) is 2. The highest BCUT2D eigenvalue weighted by Gasteiger charge is 2.37. The molecule has 0 fully saturated rings. The number of rotatable bonds is 3. The molecule has 1 aliphatic heterocycles. The summed E-state index contributed by atoms with van der Waals surface area (Å²) in [5, 5.41) is 2.68. The first-order valence-electron chi connectivity index (χ1n) is 8.30. The van der Waals surface area contributed by atoms with Gasteiger partial charge in [0.1, 0.15) is 0 Å². The molecular weight excluding hydrogens is 379 g/mol. The highest BCUT2D eigenvalue weighted by Crippen LogP contribution is 2.36. The first kappa shape index (κ1) is 25.6. The molecule has 2 N–H and O–H groups in total. The van der Waals surface area contributed by atoms with Crippen molar-refractivity contribution >= 4 is 0 Å². The second kappa shape index (κ2) is 10.2. The molecule has 28 heavy (non-hydrogen) atoms. The first-order valence-corrected chi connectivity index (χ1v) is 8.30. The molecule has 0 spiro atoms. The molecule has 0 amide bonds. The van der Waals surface area contributed by atoms with Crippen molar-refractivity contribution in [2.45, 2.75) is 53.6 Å². The third kappa shape index (κ3) is 6.98. The second-order valence-corrected chi connectivity index (χ2v) is 6.64. The van der Waals surface area contributed by atoms with Gasteiger partial charge in [0.25, 0.3) is 6.43 Å². The topological polar surface area (TPSA) is 44.9 Å². The lowest BCUT2D eigenvalue weighted by Gasteiger charge is -2.22. The van der Waals surface area contributed by atoms with Gasteiger partial charge in [0.2, 0.25) is 5.56 Å². The van der Waals surface area contributed by atoms with E-state index >= 15 is 0 Å². The number of pyridine rings is 1. The molecular formula is C20H27F5N2O. The number of aromatic amines is 1. The molecule has 158 valence electrons. The summed E-state index contributed by atoms with van der Waals surface area (Å²) in [5.74, 6) is -0.177. The lowest BCUT2D eigenvalue weighted by atomic mass is 9.93. The molecule has 0 radical (unpaired) electrons. The van der Waals surface area contributed by atoms with Gasteiger partial charge in [0.05, 0.1) is 5.57 Å². The van der Waals surface area contributed by atoms with Crippen LogP contribution in [0.25, 0.3) is 0 Å². The van der Waals surface area contributed by atoms with Gasteiger partial charge in [0, 0.05) is 29.7 Å². The van der Waals surface area contributed by atoms with Crippen LogP contribution in [0.2, 0.25) is 0 Å². The summed E-state index contributed by atoms with van der Waals surface area (Å²) >= 11 is 0. The molecule has 0 saturated heterocycles. The SMILES string of the molecule is C.C=C1C=C(C(F)(F)F)C(C(C)C)=CN1.CC(C)c1c[nH]c(=O)cc1C(F)F. The minimum absolute atomic E-state index is 0. The number of nitrogens with one attached hydrogen (secondary N) is 2. The van der Waals surface area contributed by atoms with Crippen molar-refractivity contribution in [3.05, 3.63) is 69.4 Å². The number of dihydropyridines is 1. The Morgan fingerprint density at radius 3 is 2.04 bits per heavy atom. The summed E-state index contributed by atoms with van der Waals surface area (Å²) in [7, 11) is 0. The molecule has 3 nitrogen and oxygen atoms in total. The van der Waals surface area contributed by atoms with Crippen molar-refractivity contribution in [2.24, 2.45) is 5.92 Å². The van der Waals surface area contributed by atoms with Crippen LogP contribution in [0.15, 0.2) is 52.8 Å². The van der Waals surface area contributed by atoms with E-state index in [1.165, 1.54) is 12.4 Å². The second-order valence-electron chi connectivity index (χ2n) is 6.64. The summed E-state index contributed by atoms with van der Waals surface area (Å²) < 4.78 is 62.5. The predicted octanol–water partition coefficient (Wildman–Crippen LogP) is 6.20. The lowest BCUT2D eigenvalue weighted by molar-refractivity contribution is -0.0902. The number of allylic oxidation sites excluding steroid dienone is 3. The minimum atomic E-state index is -4.30. The van der Waals surface area contributed by atoms with Gasteiger partial charge in [-0.2, -0.15) is 13.2 Å². The fraction of sp³-hybridized carbons (Fsp3) is 0.450. The highest BCUT2D eigenvalue weighted by molar-refractivity contribution is 5.44. The van der Waals surface area contributed by atoms with Gasteiger partial charge < -0.3 is 10.3 Å². The van der Waals surface area contributed by atoms with Gasteiger partial charge in [-0.05, 0) is 29.0 Å². The summed E-state index contributed by atoms with van der Waals surface area (Å²) in [6.07, 6.45) is -3.12. The third-order valence-electron chi connectivity index (χ3n) is 3.82. The Balaban J connectivity index is 0.000000504. The Morgan fingerprint density at radius 1 is 1.04 bits per heavy atom. The summed E-state index contributed by atoms with van der Waals surface area (Å²) in [4.78, 5) is 13.2. The first-order chi connectivity index (χ1) is 12.3. The van der Waals surface area contributed by atoms with Crippen LogP contribution in [0, 0.1) is 5.92 Å². The van der Waals surface area contributed by atoms with E-state index in [4.69, 9.17) is 0 Å². The van der Waals surface area contributed by atoms with E-state index in [0.717, 1.165) is 12.1 Å². The van der Waals surface area contributed by atoms with Gasteiger partial charge in [-0.3, -0.25) is 4.79 Å². The maximum absolute atomic E-state index is 12.5. The lowest BCUT2D eigenvalue weighted by Crippen LogP contribution is -2.22. The molecule has 8 heteroatoms. The molecule has 1 aromatic heterocycles. The third-order valence-corrected chi connectivity index (χ3v) is 3.82. The van der Waals surface area contributed by atoms with E-state index in [1.807, 2.05) is 0 Å². The van der Waals surface area contributed by atoms with Crippen LogP contribution in [-0.2, 0) is 0 Å². The van der Waals surface area contributed by atoms with Gasteiger partial charge >= 0.3 is 6.18 Å². The van der Waals surface area contributed by atoms with Crippen molar-refractivity contribution in [3.63, 3.8) is 0 Å². The smallest absolute Gasteiger partial charge is 0.362 e. The molecule has 0 saturated carbocycles. The molecule has 2 rings (SSSR count). The largest absolute Gasteiger partial charge is 0.416 e. The van der Waals surface area contributed by atoms with E-state index in [1.54, 1.807) is 27.7 Å². The van der Waals surface area contributed by atoms with Crippen LogP contribution in [0.1, 0.15) is 58.6 Å². The zero-order valence-electron chi connectivity index (χ0n) is 15.5. The van der Waals surface area contributed by atoms with Crippen LogP contribution in [0.3, 0.4) is 0 Å². The number of hydrogen-bond donors (Lipinski definition) is 2. The Kier molecular flexibility index (Phi) is 9.37. The molecule has 0 aliphatic carbocycles. The van der Waals surface area contributed by atoms with E-state index in [9.17, 15) is 26.7 Å². The van der Waals surface area contributed by atoms with Crippen molar-refractivity contribution in [1.82, 2.24) is 10.3 Å². The molecule has 0 unspecified atom stereocenters. The molecule has 0 bridgehead atoms. The van der Waals surface area contributed by atoms with Crippen LogP contribution < -0.4 is 10.9 Å². The fourth-order valence-corrected chi connectivity index (χ4v) is 2.46. The van der Waals surface area contributed by atoms with Crippen LogP contribution in [-0.4, -0.2) is 11.2 Å². The number of H-pyrrole nitrogens is 1. The van der Waals surface area contributed by atoms with Crippen LogP contribution >= 0.6 is 0 Å². The Hall–Kier alpha value is -2.38. The van der Waals surface area contributed by atoms with Gasteiger partial charge in [-0.1, -0.05) is 41.7 Å². The Morgan fingerprint density at radius 2 is 1.61 bits per heavy atom. The van der Waals surface area contributed by atoms with Crippen molar-refractivity contribution in [3.8, 4) is 0 Å². The standard InChI is InChI=1S/C10H12F3N.C9H11F2NO.CH4/c1-6(2)8-5-14-7(3)4-9(8)10(11,12)13;1-5(2)7-4-12-8(13)3-6(7)9(10)11;/h4-6,14H,3H2,1-2H3;3-5,9H,1-2H3,(H,12,13);1H4. The molecule has 1 aliphatic rings. The number of alkyl halides is 5. The number of halogens is 5. The highest BCUT2D eigenvalue weighted by atomic mass is 19.4. The summed E-state index contributed by atoms with van der Waals surface area (Å²) in [6.45, 7) is 10.5. The normalized spacial score (nSPS) is 14.1. The van der Waals surface area contributed by atoms with E-state index in [-0.39, 0.29) is 36.1 Å². The maximum atomic E-state index is 12.5. The van der Waals surface area contributed by atoms with Gasteiger partial charge in [-0.15, -0.1) is 0 Å². The molecule has 0 atom stereocenters. The van der Waals surface area contributed by atoms with E-state index in [2.05, 4.69) is 16.9 Å².